The lowest BCUT2D eigenvalue weighted by Gasteiger charge is -2.17. The van der Waals surface area contributed by atoms with Crippen LogP contribution in [-0.2, 0) is 0 Å². The van der Waals surface area contributed by atoms with Crippen molar-refractivity contribution in [1.29, 1.82) is 0 Å². The Bertz CT molecular complexity index is 3930. The second-order valence-corrected chi connectivity index (χ2v) is 17.2. The molecule has 0 radical (unpaired) electrons. The van der Waals surface area contributed by atoms with Gasteiger partial charge in [-0.2, -0.15) is 9.97 Å². The van der Waals surface area contributed by atoms with Gasteiger partial charge < -0.3 is 4.57 Å². The molecule has 0 N–H and O–H groups in total. The van der Waals surface area contributed by atoms with Crippen LogP contribution >= 0.6 is 0 Å². The monoisotopic (exact) mass is 867 g/mol. The number of hydrogen-bond donors (Lipinski definition) is 0. The molecule has 0 unspecified atom stereocenters. The van der Waals surface area contributed by atoms with Gasteiger partial charge in [0.15, 0.2) is 11.6 Å². The highest BCUT2D eigenvalue weighted by molar-refractivity contribution is 6.23. The molecular formula is C63H41N5. The zero-order valence-electron chi connectivity index (χ0n) is 36.9. The summed E-state index contributed by atoms with van der Waals surface area (Å²) in [6.45, 7) is 0. The van der Waals surface area contributed by atoms with Crippen LogP contribution in [0.25, 0.3) is 123 Å². The van der Waals surface area contributed by atoms with E-state index in [2.05, 4.69) is 221 Å². The summed E-state index contributed by atoms with van der Waals surface area (Å²) >= 11 is 0. The minimum atomic E-state index is 0.555. The standard InChI is InChI=1S/C63H41N5/c1-5-19-42(20-6-1)44-33-35-45(36-34-44)51-27-13-14-28-52(51)49-39-48(43-21-7-2-8-22-43)40-50(41-49)67-57-31-17-15-29-53(57)55-37-38-56-54-30-16-18-32-58(54)68(60(56)59(55)67)63-65-61(46-23-9-3-10-24-46)64-62(66-63)47-25-11-4-12-26-47/h1-41H. The van der Waals surface area contributed by atoms with Crippen molar-refractivity contribution in [3.8, 4) is 78.9 Å². The molecule has 0 amide bonds. The highest BCUT2D eigenvalue weighted by Crippen LogP contribution is 2.44. The Morgan fingerprint density at radius 2 is 0.647 bits per heavy atom. The minimum absolute atomic E-state index is 0.555. The molecule has 13 aromatic rings. The van der Waals surface area contributed by atoms with E-state index in [0.29, 0.717) is 17.6 Å². The van der Waals surface area contributed by atoms with Crippen LogP contribution in [0.5, 0.6) is 0 Å². The molecule has 0 atom stereocenters. The molecule has 68 heavy (non-hydrogen) atoms. The van der Waals surface area contributed by atoms with Gasteiger partial charge in [0, 0.05) is 38.4 Å². The number of benzene rings is 10. The first kappa shape index (κ1) is 39.2. The predicted molar refractivity (Wildman–Crippen MR) is 281 cm³/mol. The normalized spacial score (nSPS) is 11.5. The lowest BCUT2D eigenvalue weighted by atomic mass is 9.91. The summed E-state index contributed by atoms with van der Waals surface area (Å²) in [6.07, 6.45) is 0. The lowest BCUT2D eigenvalue weighted by molar-refractivity contribution is 0.953. The number of para-hydroxylation sites is 2. The van der Waals surface area contributed by atoms with E-state index in [0.717, 1.165) is 88.2 Å². The molecule has 0 fully saturated rings. The SMILES string of the molecule is c1ccc(-c2ccc(-c3ccccc3-c3cc(-c4ccccc4)cc(-n4c5ccccc5c5ccc6c7ccccc7n(-c7nc(-c8ccccc8)nc(-c8ccccc8)n7)c6c54)c3)cc2)cc1. The quantitative estimate of drug-likeness (QED) is 0.153. The van der Waals surface area contributed by atoms with Crippen molar-refractivity contribution in [2.24, 2.45) is 0 Å². The first-order valence-corrected chi connectivity index (χ1v) is 23.0. The van der Waals surface area contributed by atoms with Crippen molar-refractivity contribution in [3.63, 3.8) is 0 Å². The van der Waals surface area contributed by atoms with Crippen molar-refractivity contribution in [2.45, 2.75) is 0 Å². The molecule has 13 rings (SSSR count). The first-order chi connectivity index (χ1) is 33.7. The van der Waals surface area contributed by atoms with Crippen molar-refractivity contribution >= 4 is 43.6 Å². The zero-order valence-corrected chi connectivity index (χ0v) is 36.9. The second kappa shape index (κ2) is 16.4. The van der Waals surface area contributed by atoms with Crippen LogP contribution in [0.1, 0.15) is 0 Å². The van der Waals surface area contributed by atoms with Crippen molar-refractivity contribution in [3.05, 3.63) is 249 Å². The Morgan fingerprint density at radius 3 is 1.21 bits per heavy atom. The minimum Gasteiger partial charge on any atom is -0.307 e. The summed E-state index contributed by atoms with van der Waals surface area (Å²) in [4.78, 5) is 15.8. The van der Waals surface area contributed by atoms with Crippen molar-refractivity contribution in [1.82, 2.24) is 24.1 Å². The topological polar surface area (TPSA) is 48.5 Å². The Balaban J connectivity index is 1.10. The molecule has 3 heterocycles. The van der Waals surface area contributed by atoms with Gasteiger partial charge in [0.25, 0.3) is 0 Å². The fraction of sp³-hybridized carbons (Fsp3) is 0. The van der Waals surface area contributed by atoms with E-state index in [1.165, 1.54) is 16.7 Å². The predicted octanol–water partition coefficient (Wildman–Crippen LogP) is 16.1. The number of nitrogens with zero attached hydrogens (tertiary/aromatic N) is 5. The Labute approximate surface area is 393 Å². The highest BCUT2D eigenvalue weighted by Gasteiger charge is 2.24. The van der Waals surface area contributed by atoms with Crippen LogP contribution in [0, 0.1) is 0 Å². The molecule has 0 aliphatic rings. The molecule has 5 heteroatoms. The second-order valence-electron chi connectivity index (χ2n) is 17.2. The summed E-state index contributed by atoms with van der Waals surface area (Å²) in [5.74, 6) is 1.78. The van der Waals surface area contributed by atoms with Crippen LogP contribution in [-0.4, -0.2) is 24.1 Å². The highest BCUT2D eigenvalue weighted by atomic mass is 15.2. The molecular weight excluding hydrogens is 827 g/mol. The largest absolute Gasteiger partial charge is 0.307 e. The number of aromatic nitrogens is 5. The molecule has 318 valence electrons. The van der Waals surface area contributed by atoms with Gasteiger partial charge in [-0.15, -0.1) is 0 Å². The van der Waals surface area contributed by atoms with E-state index in [4.69, 9.17) is 15.0 Å². The average Bonchev–Trinajstić information content (AvgIpc) is 3.95. The third kappa shape index (κ3) is 6.68. The van der Waals surface area contributed by atoms with Crippen LogP contribution in [0.2, 0.25) is 0 Å². The number of rotatable bonds is 8. The van der Waals surface area contributed by atoms with E-state index in [9.17, 15) is 0 Å². The maximum Gasteiger partial charge on any atom is 0.238 e. The van der Waals surface area contributed by atoms with Gasteiger partial charge in [-0.3, -0.25) is 4.57 Å². The summed E-state index contributed by atoms with van der Waals surface area (Å²) in [6, 6.07) is 88.4. The lowest BCUT2D eigenvalue weighted by Crippen LogP contribution is -2.07. The van der Waals surface area contributed by atoms with Gasteiger partial charge >= 0.3 is 0 Å². The van der Waals surface area contributed by atoms with Gasteiger partial charge in [-0.05, 0) is 74.8 Å². The third-order valence-corrected chi connectivity index (χ3v) is 13.2. The number of hydrogen-bond acceptors (Lipinski definition) is 3. The summed E-state index contributed by atoms with van der Waals surface area (Å²) < 4.78 is 4.73. The molecule has 0 saturated carbocycles. The van der Waals surface area contributed by atoms with Crippen molar-refractivity contribution < 1.29 is 0 Å². The molecule has 10 aromatic carbocycles. The van der Waals surface area contributed by atoms with E-state index >= 15 is 0 Å². The fourth-order valence-electron chi connectivity index (χ4n) is 10.0. The summed E-state index contributed by atoms with van der Waals surface area (Å²) in [5.41, 5.74) is 16.4. The molecule has 0 aliphatic carbocycles. The average molecular weight is 868 g/mol. The molecule has 0 spiro atoms. The summed E-state index contributed by atoms with van der Waals surface area (Å²) in [5, 5.41) is 4.54. The molecule has 0 aliphatic heterocycles. The maximum absolute atomic E-state index is 5.34. The van der Waals surface area contributed by atoms with Crippen LogP contribution < -0.4 is 0 Å². The molecule has 3 aromatic heterocycles. The van der Waals surface area contributed by atoms with E-state index in [1.54, 1.807) is 0 Å². The van der Waals surface area contributed by atoms with Gasteiger partial charge in [-0.25, -0.2) is 4.98 Å². The van der Waals surface area contributed by atoms with Gasteiger partial charge in [0.2, 0.25) is 5.95 Å². The smallest absolute Gasteiger partial charge is 0.238 e. The van der Waals surface area contributed by atoms with Crippen LogP contribution in [0.15, 0.2) is 249 Å². The molecule has 0 bridgehead atoms. The fourth-order valence-corrected chi connectivity index (χ4v) is 10.0. The zero-order chi connectivity index (χ0) is 45.0. The van der Waals surface area contributed by atoms with Crippen LogP contribution in [0.4, 0.5) is 0 Å². The van der Waals surface area contributed by atoms with Crippen LogP contribution in [0.3, 0.4) is 0 Å². The van der Waals surface area contributed by atoms with E-state index in [-0.39, 0.29) is 0 Å². The summed E-state index contributed by atoms with van der Waals surface area (Å²) in [7, 11) is 0. The van der Waals surface area contributed by atoms with Gasteiger partial charge in [0.05, 0.1) is 22.1 Å². The van der Waals surface area contributed by atoms with E-state index < -0.39 is 0 Å². The third-order valence-electron chi connectivity index (χ3n) is 13.2. The van der Waals surface area contributed by atoms with Crippen molar-refractivity contribution in [2.75, 3.05) is 0 Å². The van der Waals surface area contributed by atoms with Gasteiger partial charge in [-0.1, -0.05) is 218 Å². The molecule has 5 nitrogen and oxygen atoms in total. The molecule has 0 saturated heterocycles. The Hall–Kier alpha value is -9.19. The first-order valence-electron chi connectivity index (χ1n) is 23.0. The Kier molecular flexibility index (Phi) is 9.43. The number of fused-ring (bicyclic) bond motifs is 7. The maximum atomic E-state index is 5.34. The van der Waals surface area contributed by atoms with E-state index in [1.807, 2.05) is 36.4 Å². The van der Waals surface area contributed by atoms with Gasteiger partial charge in [0.1, 0.15) is 0 Å². The Morgan fingerprint density at radius 1 is 0.250 bits per heavy atom.